The topological polar surface area (TPSA) is 98.8 Å². The number of nitrogens with one attached hydrogen (secondary N) is 2. The number of amides is 1. The van der Waals surface area contributed by atoms with Gasteiger partial charge in [0, 0.05) is 23.7 Å². The number of nitrogens with zero attached hydrogens (tertiary/aromatic N) is 1. The zero-order chi connectivity index (χ0) is 32.6. The van der Waals surface area contributed by atoms with Gasteiger partial charge in [-0.15, -0.1) is 0 Å². The highest BCUT2D eigenvalue weighted by atomic mass is 19.4. The zero-order valence-electron chi connectivity index (χ0n) is 25.1. The predicted octanol–water partition coefficient (Wildman–Crippen LogP) is 5.08. The molecule has 3 aromatic rings. The van der Waals surface area contributed by atoms with Gasteiger partial charge in [-0.25, -0.2) is 13.6 Å². The maximum atomic E-state index is 14.9. The molecule has 0 radical (unpaired) electrons. The normalized spacial score (nSPS) is 17.3. The molecule has 0 bridgehead atoms. The van der Waals surface area contributed by atoms with Crippen LogP contribution in [0.15, 0.2) is 42.6 Å². The Balaban J connectivity index is 1.61. The Morgan fingerprint density at radius 2 is 1.66 bits per heavy atom. The summed E-state index contributed by atoms with van der Waals surface area (Å²) in [7, 11) is 0.384. The van der Waals surface area contributed by atoms with Crippen LogP contribution in [0.4, 0.5) is 27.6 Å². The molecule has 2 heterocycles. The van der Waals surface area contributed by atoms with E-state index < -0.39 is 77.8 Å². The van der Waals surface area contributed by atoms with E-state index in [0.29, 0.717) is 34.1 Å². The first kappa shape index (κ1) is 33.1. The van der Waals surface area contributed by atoms with Gasteiger partial charge in [0.1, 0.15) is 29.3 Å². The van der Waals surface area contributed by atoms with Gasteiger partial charge in [0.25, 0.3) is 5.91 Å². The number of aromatic nitrogens is 1. The first-order valence-corrected chi connectivity index (χ1v) is 13.9. The Morgan fingerprint density at radius 3 is 2.20 bits per heavy atom. The first-order chi connectivity index (χ1) is 20.5. The van der Waals surface area contributed by atoms with Crippen molar-refractivity contribution in [1.82, 2.24) is 10.3 Å². The molecule has 2 aromatic carbocycles. The molecule has 14 heteroatoms. The second kappa shape index (κ2) is 12.3. The van der Waals surface area contributed by atoms with E-state index in [1.54, 1.807) is 30.5 Å². The summed E-state index contributed by atoms with van der Waals surface area (Å²) in [6, 6.07) is 4.70. The van der Waals surface area contributed by atoms with Crippen LogP contribution in [0.5, 0.6) is 0 Å². The average Bonchev–Trinajstić information content (AvgIpc) is 3.15. The lowest BCUT2D eigenvalue weighted by Crippen LogP contribution is -2.44. The molecule has 1 amide bonds. The van der Waals surface area contributed by atoms with Crippen molar-refractivity contribution >= 4 is 41.0 Å². The molecule has 1 aliphatic heterocycles. The molecule has 8 nitrogen and oxygen atoms in total. The van der Waals surface area contributed by atoms with E-state index in [1.165, 1.54) is 6.92 Å². The number of carbonyl (C=O) groups is 2. The van der Waals surface area contributed by atoms with Gasteiger partial charge < -0.3 is 24.7 Å². The average molecular weight is 621 g/mol. The standard InChI is InChI=1S/C30H33BF5N3O5/c1-7-23(30(34,35)36)38-17-14-20(32)24(21(33)15-17)26(40)39-22(27(41)42-6)13-16-10-11-19(18-9-8-12-37-25(16)18)31-43-28(2,3)29(4,5)44-31/h8-12,14-15,22-23,38H,7,13H2,1-6H3,(H,39,40)/t22-,23+/m0/s1. The second-order valence-corrected chi connectivity index (χ2v) is 11.5. The van der Waals surface area contributed by atoms with E-state index in [0.717, 1.165) is 7.11 Å². The Morgan fingerprint density at radius 1 is 1.05 bits per heavy atom. The quantitative estimate of drug-likeness (QED) is 0.196. The van der Waals surface area contributed by atoms with Gasteiger partial charge in [-0.2, -0.15) is 13.2 Å². The lowest BCUT2D eigenvalue weighted by atomic mass is 9.76. The summed E-state index contributed by atoms with van der Waals surface area (Å²) in [4.78, 5) is 30.2. The van der Waals surface area contributed by atoms with E-state index in [9.17, 15) is 31.5 Å². The van der Waals surface area contributed by atoms with Crippen LogP contribution in [-0.4, -0.2) is 60.6 Å². The maximum Gasteiger partial charge on any atom is 0.495 e. The number of pyridine rings is 1. The van der Waals surface area contributed by atoms with Crippen LogP contribution in [0.1, 0.15) is 57.0 Å². The van der Waals surface area contributed by atoms with Crippen molar-refractivity contribution in [2.45, 2.75) is 76.9 Å². The smallest absolute Gasteiger partial charge is 0.467 e. The van der Waals surface area contributed by atoms with Crippen molar-refractivity contribution in [1.29, 1.82) is 0 Å². The van der Waals surface area contributed by atoms with Crippen LogP contribution in [0, 0.1) is 11.6 Å². The van der Waals surface area contributed by atoms with E-state index in [1.807, 2.05) is 33.0 Å². The third-order valence-electron chi connectivity index (χ3n) is 8.02. The number of halogens is 5. The van der Waals surface area contributed by atoms with Gasteiger partial charge in [0.05, 0.1) is 23.8 Å². The van der Waals surface area contributed by atoms with E-state index >= 15 is 0 Å². The number of esters is 1. The van der Waals surface area contributed by atoms with Crippen LogP contribution >= 0.6 is 0 Å². The van der Waals surface area contributed by atoms with Gasteiger partial charge in [-0.3, -0.25) is 9.78 Å². The molecule has 0 saturated carbocycles. The fraction of sp³-hybridized carbons (Fsp3) is 0.433. The number of benzene rings is 2. The number of anilines is 1. The fourth-order valence-corrected chi connectivity index (χ4v) is 4.87. The predicted molar refractivity (Wildman–Crippen MR) is 155 cm³/mol. The number of rotatable bonds is 9. The third kappa shape index (κ3) is 6.65. The van der Waals surface area contributed by atoms with Gasteiger partial charge in [-0.05, 0) is 63.3 Å². The van der Waals surface area contributed by atoms with Crippen molar-refractivity contribution in [2.24, 2.45) is 0 Å². The Bertz CT molecular complexity index is 1530. The molecule has 236 valence electrons. The molecule has 2 atom stereocenters. The highest BCUT2D eigenvalue weighted by molar-refractivity contribution is 6.65. The maximum absolute atomic E-state index is 14.9. The van der Waals surface area contributed by atoms with Gasteiger partial charge in [0.2, 0.25) is 0 Å². The van der Waals surface area contributed by atoms with Crippen LogP contribution in [0.2, 0.25) is 0 Å². The minimum Gasteiger partial charge on any atom is -0.467 e. The summed E-state index contributed by atoms with van der Waals surface area (Å²) in [6.45, 7) is 8.95. The first-order valence-electron chi connectivity index (χ1n) is 13.9. The molecular weight excluding hydrogens is 588 g/mol. The number of methoxy groups -OCH3 is 1. The van der Waals surface area contributed by atoms with Crippen LogP contribution in [0.3, 0.4) is 0 Å². The van der Waals surface area contributed by atoms with Gasteiger partial charge >= 0.3 is 19.3 Å². The number of alkyl halides is 3. The molecule has 0 aliphatic carbocycles. The summed E-state index contributed by atoms with van der Waals surface area (Å²) in [5, 5.41) is 5.00. The summed E-state index contributed by atoms with van der Waals surface area (Å²) in [5.74, 6) is -5.02. The molecule has 44 heavy (non-hydrogen) atoms. The summed E-state index contributed by atoms with van der Waals surface area (Å²) in [5.41, 5.74) is -1.07. The van der Waals surface area contributed by atoms with E-state index in [4.69, 9.17) is 14.0 Å². The number of carbonyl (C=O) groups excluding carboxylic acids is 2. The zero-order valence-corrected chi connectivity index (χ0v) is 25.1. The van der Waals surface area contributed by atoms with Crippen molar-refractivity contribution in [3.8, 4) is 0 Å². The van der Waals surface area contributed by atoms with Crippen molar-refractivity contribution in [3.63, 3.8) is 0 Å². The lowest BCUT2D eigenvalue weighted by Gasteiger charge is -2.32. The summed E-state index contributed by atoms with van der Waals surface area (Å²) >= 11 is 0. The van der Waals surface area contributed by atoms with E-state index in [2.05, 4.69) is 10.3 Å². The van der Waals surface area contributed by atoms with Crippen LogP contribution in [-0.2, 0) is 25.3 Å². The molecule has 1 fully saturated rings. The Kier molecular flexibility index (Phi) is 9.27. The minimum absolute atomic E-state index is 0.164. The van der Waals surface area contributed by atoms with Crippen molar-refractivity contribution in [3.05, 3.63) is 65.4 Å². The highest BCUT2D eigenvalue weighted by Gasteiger charge is 2.52. The number of hydrogen-bond donors (Lipinski definition) is 2. The number of ether oxygens (including phenoxy) is 1. The number of fused-ring (bicyclic) bond motifs is 1. The van der Waals surface area contributed by atoms with E-state index in [-0.39, 0.29) is 6.42 Å². The second-order valence-electron chi connectivity index (χ2n) is 11.5. The van der Waals surface area contributed by atoms with Gasteiger partial charge in [0.15, 0.2) is 0 Å². The van der Waals surface area contributed by atoms with Crippen LogP contribution < -0.4 is 16.1 Å². The van der Waals surface area contributed by atoms with Crippen molar-refractivity contribution < 1.29 is 45.6 Å². The Labute approximate surface area is 251 Å². The van der Waals surface area contributed by atoms with Crippen molar-refractivity contribution in [2.75, 3.05) is 12.4 Å². The summed E-state index contributed by atoms with van der Waals surface area (Å²) < 4.78 is 86.4. The highest BCUT2D eigenvalue weighted by Crippen LogP contribution is 2.37. The molecule has 1 aliphatic rings. The minimum atomic E-state index is -4.66. The largest absolute Gasteiger partial charge is 0.495 e. The fourth-order valence-electron chi connectivity index (χ4n) is 4.87. The summed E-state index contributed by atoms with van der Waals surface area (Å²) in [6.07, 6.45) is -3.67. The lowest BCUT2D eigenvalue weighted by molar-refractivity contribution is -0.143. The molecule has 4 rings (SSSR count). The molecule has 0 spiro atoms. The Hall–Kier alpha value is -3.78. The molecular formula is C30H33BF5N3O5. The number of hydrogen-bond acceptors (Lipinski definition) is 7. The molecule has 2 N–H and O–H groups in total. The monoisotopic (exact) mass is 621 g/mol. The molecule has 0 unspecified atom stereocenters. The molecule has 1 aromatic heterocycles. The van der Waals surface area contributed by atoms with Crippen LogP contribution in [0.25, 0.3) is 10.9 Å². The third-order valence-corrected chi connectivity index (χ3v) is 8.02. The van der Waals surface area contributed by atoms with Gasteiger partial charge in [-0.1, -0.05) is 25.1 Å². The SMILES string of the molecule is CC[C@@H](Nc1cc(F)c(C(=O)N[C@@H](Cc2ccc(B3OC(C)(C)C(C)(C)O3)c3cccnc23)C(=O)OC)c(F)c1)C(F)(F)F. The molecule has 1 saturated heterocycles.